The van der Waals surface area contributed by atoms with Crippen LogP contribution in [0.3, 0.4) is 0 Å². The third kappa shape index (κ3) is 1.68. The molecule has 70 valence electrons. The molecule has 0 radical (unpaired) electrons. The topological polar surface area (TPSA) is 109 Å². The highest BCUT2D eigenvalue weighted by molar-refractivity contribution is 6.01. The summed E-state index contributed by atoms with van der Waals surface area (Å²) < 4.78 is 0. The molecule has 2 aromatic heterocycles. The van der Waals surface area contributed by atoms with Crippen LogP contribution in [0.2, 0.25) is 0 Å². The van der Waals surface area contributed by atoms with Crippen molar-refractivity contribution in [1.82, 2.24) is 30.8 Å². The first-order valence-electron chi connectivity index (χ1n) is 3.69. The molecule has 8 heteroatoms. The Hall–Kier alpha value is -2.38. The van der Waals surface area contributed by atoms with E-state index >= 15 is 0 Å². The normalized spacial score (nSPS) is 9.71. The van der Waals surface area contributed by atoms with E-state index in [1.54, 1.807) is 6.07 Å². The Morgan fingerprint density at radius 2 is 2.36 bits per heavy atom. The monoisotopic (exact) mass is 191 g/mol. The Kier molecular flexibility index (Phi) is 2.09. The lowest BCUT2D eigenvalue weighted by Gasteiger charge is -1.97. The summed E-state index contributed by atoms with van der Waals surface area (Å²) in [6, 6.07) is 3.15. The summed E-state index contributed by atoms with van der Waals surface area (Å²) in [7, 11) is 0. The van der Waals surface area contributed by atoms with E-state index < -0.39 is 5.91 Å². The maximum absolute atomic E-state index is 11.4. The van der Waals surface area contributed by atoms with Crippen LogP contribution in [0.4, 0.5) is 5.95 Å². The number of aromatic amines is 1. The number of tetrazole rings is 1. The lowest BCUT2D eigenvalue weighted by molar-refractivity contribution is 0.102. The van der Waals surface area contributed by atoms with Crippen LogP contribution in [0.5, 0.6) is 0 Å². The van der Waals surface area contributed by atoms with Crippen LogP contribution >= 0.6 is 0 Å². The van der Waals surface area contributed by atoms with E-state index in [4.69, 9.17) is 0 Å². The third-order valence-corrected chi connectivity index (χ3v) is 1.38. The van der Waals surface area contributed by atoms with Gasteiger partial charge in [0.25, 0.3) is 5.91 Å². The predicted molar refractivity (Wildman–Crippen MR) is 44.2 cm³/mol. The highest BCUT2D eigenvalue weighted by atomic mass is 16.2. The van der Waals surface area contributed by atoms with Crippen LogP contribution in [-0.2, 0) is 0 Å². The summed E-state index contributed by atoms with van der Waals surface area (Å²) in [5.74, 6) is -0.252. The largest absolute Gasteiger partial charge is 0.288 e. The van der Waals surface area contributed by atoms with Crippen LogP contribution < -0.4 is 5.32 Å². The van der Waals surface area contributed by atoms with Gasteiger partial charge >= 0.3 is 0 Å². The molecule has 1 amide bonds. The van der Waals surface area contributed by atoms with Gasteiger partial charge in [-0.15, -0.1) is 5.10 Å². The van der Waals surface area contributed by atoms with Crippen molar-refractivity contribution in [2.24, 2.45) is 0 Å². The SMILES string of the molecule is O=C(Nc1nnn[nH]1)c1cccnn1. The second kappa shape index (κ2) is 3.56. The van der Waals surface area contributed by atoms with Crippen molar-refractivity contribution in [1.29, 1.82) is 0 Å². The zero-order chi connectivity index (χ0) is 9.80. The van der Waals surface area contributed by atoms with Crippen LogP contribution in [0, 0.1) is 0 Å². The number of aromatic nitrogens is 6. The molecule has 0 atom stereocenters. The smallest absolute Gasteiger partial charge is 0.278 e. The number of hydrogen-bond donors (Lipinski definition) is 2. The standard InChI is InChI=1S/C6H5N7O/c14-5(4-2-1-3-7-9-4)8-6-10-12-13-11-6/h1-3H,(H2,8,10,11,12,13,14). The number of rotatable bonds is 2. The first-order valence-corrected chi connectivity index (χ1v) is 3.69. The van der Waals surface area contributed by atoms with E-state index in [0.29, 0.717) is 0 Å². The van der Waals surface area contributed by atoms with Gasteiger partial charge < -0.3 is 0 Å². The molecule has 14 heavy (non-hydrogen) atoms. The second-order valence-corrected chi connectivity index (χ2v) is 2.31. The van der Waals surface area contributed by atoms with Gasteiger partial charge in [0.2, 0.25) is 5.95 Å². The van der Waals surface area contributed by atoms with Crippen LogP contribution in [0.15, 0.2) is 18.3 Å². The van der Waals surface area contributed by atoms with E-state index in [-0.39, 0.29) is 11.6 Å². The summed E-state index contributed by atoms with van der Waals surface area (Å²) in [6.45, 7) is 0. The summed E-state index contributed by atoms with van der Waals surface area (Å²) in [5.41, 5.74) is 0.198. The molecule has 0 bridgehead atoms. The Morgan fingerprint density at radius 3 is 3.00 bits per heavy atom. The minimum Gasteiger partial charge on any atom is -0.288 e. The first-order chi connectivity index (χ1) is 6.86. The zero-order valence-electron chi connectivity index (χ0n) is 6.88. The lowest BCUT2D eigenvalue weighted by atomic mass is 10.4. The molecule has 0 fully saturated rings. The number of hydrogen-bond acceptors (Lipinski definition) is 6. The van der Waals surface area contributed by atoms with E-state index in [1.807, 2.05) is 0 Å². The van der Waals surface area contributed by atoms with Crippen molar-refractivity contribution in [2.75, 3.05) is 5.32 Å². The maximum atomic E-state index is 11.4. The highest BCUT2D eigenvalue weighted by Crippen LogP contribution is 1.96. The van der Waals surface area contributed by atoms with E-state index in [9.17, 15) is 4.79 Å². The minimum absolute atomic E-state index is 0.167. The predicted octanol–water partition coefficient (Wildman–Crippen LogP) is -0.758. The summed E-state index contributed by atoms with van der Waals surface area (Å²) >= 11 is 0. The lowest BCUT2D eigenvalue weighted by Crippen LogP contribution is -2.14. The Bertz CT molecular complexity index is 411. The van der Waals surface area contributed by atoms with Gasteiger partial charge in [-0.2, -0.15) is 5.10 Å². The third-order valence-electron chi connectivity index (χ3n) is 1.38. The number of nitrogens with zero attached hydrogens (tertiary/aromatic N) is 5. The number of carbonyl (C=O) groups is 1. The summed E-state index contributed by atoms with van der Waals surface area (Å²) in [4.78, 5) is 11.4. The molecular weight excluding hydrogens is 186 g/mol. The van der Waals surface area contributed by atoms with Crippen molar-refractivity contribution < 1.29 is 4.79 Å². The van der Waals surface area contributed by atoms with Crippen LogP contribution in [0.25, 0.3) is 0 Å². The maximum Gasteiger partial charge on any atom is 0.278 e. The molecule has 0 saturated carbocycles. The van der Waals surface area contributed by atoms with Crippen LogP contribution in [-0.4, -0.2) is 36.7 Å². The summed E-state index contributed by atoms with van der Waals surface area (Å²) in [6.07, 6.45) is 1.48. The van der Waals surface area contributed by atoms with Gasteiger partial charge in [-0.3, -0.25) is 10.1 Å². The van der Waals surface area contributed by atoms with Crippen molar-refractivity contribution in [3.63, 3.8) is 0 Å². The molecule has 0 saturated heterocycles. The minimum atomic E-state index is -0.420. The fourth-order valence-electron chi connectivity index (χ4n) is 0.806. The number of carbonyl (C=O) groups excluding carboxylic acids is 1. The molecule has 2 N–H and O–H groups in total. The average molecular weight is 191 g/mol. The molecule has 8 nitrogen and oxygen atoms in total. The van der Waals surface area contributed by atoms with Gasteiger partial charge in [0.1, 0.15) is 0 Å². The highest BCUT2D eigenvalue weighted by Gasteiger charge is 2.08. The molecule has 2 aromatic rings. The molecule has 0 aliphatic rings. The van der Waals surface area contributed by atoms with Crippen molar-refractivity contribution in [2.45, 2.75) is 0 Å². The molecule has 0 spiro atoms. The molecular formula is C6H5N7O. The fraction of sp³-hybridized carbons (Fsp3) is 0. The van der Waals surface area contributed by atoms with Crippen molar-refractivity contribution in [3.05, 3.63) is 24.0 Å². The zero-order valence-corrected chi connectivity index (χ0v) is 6.88. The Labute approximate surface area is 77.7 Å². The number of nitrogens with one attached hydrogen (secondary N) is 2. The molecule has 0 aliphatic carbocycles. The van der Waals surface area contributed by atoms with Crippen LogP contribution in [0.1, 0.15) is 10.5 Å². The second-order valence-electron chi connectivity index (χ2n) is 2.31. The van der Waals surface area contributed by atoms with Gasteiger partial charge in [-0.25, -0.2) is 5.10 Å². The summed E-state index contributed by atoms with van der Waals surface area (Å²) in [5, 5.41) is 22.0. The van der Waals surface area contributed by atoms with Gasteiger partial charge in [0.15, 0.2) is 5.69 Å². The molecule has 2 rings (SSSR count). The van der Waals surface area contributed by atoms with Gasteiger partial charge in [0, 0.05) is 6.20 Å². The molecule has 0 unspecified atom stereocenters. The van der Waals surface area contributed by atoms with E-state index in [1.165, 1.54) is 12.3 Å². The molecule has 2 heterocycles. The number of H-pyrrole nitrogens is 1. The molecule has 0 aromatic carbocycles. The average Bonchev–Trinajstić information content (AvgIpc) is 2.72. The first kappa shape index (κ1) is 8.23. The van der Waals surface area contributed by atoms with E-state index in [0.717, 1.165) is 0 Å². The van der Waals surface area contributed by atoms with Crippen molar-refractivity contribution >= 4 is 11.9 Å². The van der Waals surface area contributed by atoms with Gasteiger partial charge in [-0.1, -0.05) is 5.10 Å². The Morgan fingerprint density at radius 1 is 1.43 bits per heavy atom. The molecule has 0 aliphatic heterocycles. The van der Waals surface area contributed by atoms with Gasteiger partial charge in [0.05, 0.1) is 0 Å². The van der Waals surface area contributed by atoms with E-state index in [2.05, 4.69) is 36.1 Å². The Balaban J connectivity index is 2.11. The number of anilines is 1. The quantitative estimate of drug-likeness (QED) is 0.645. The van der Waals surface area contributed by atoms with Gasteiger partial charge in [-0.05, 0) is 22.6 Å². The van der Waals surface area contributed by atoms with Crippen molar-refractivity contribution in [3.8, 4) is 0 Å². The fourth-order valence-corrected chi connectivity index (χ4v) is 0.806. The number of amides is 1.